The lowest BCUT2D eigenvalue weighted by Gasteiger charge is -2.14. The molecule has 0 aromatic heterocycles. The molecule has 0 fully saturated rings. The summed E-state index contributed by atoms with van der Waals surface area (Å²) in [6.45, 7) is 2.75. The van der Waals surface area contributed by atoms with Crippen LogP contribution >= 0.6 is 15.9 Å². The van der Waals surface area contributed by atoms with Gasteiger partial charge in [0.15, 0.2) is 0 Å². The van der Waals surface area contributed by atoms with E-state index in [9.17, 15) is 0 Å². The Bertz CT molecular complexity index is 315. The fourth-order valence-corrected chi connectivity index (χ4v) is 1.77. The van der Waals surface area contributed by atoms with Crippen molar-refractivity contribution in [2.45, 2.75) is 19.6 Å². The molecule has 0 bridgehead atoms. The van der Waals surface area contributed by atoms with E-state index in [1.807, 2.05) is 25.2 Å². The molecule has 0 saturated heterocycles. The van der Waals surface area contributed by atoms with Gasteiger partial charge >= 0.3 is 0 Å². The topological polar surface area (TPSA) is 41.5 Å². The van der Waals surface area contributed by atoms with Gasteiger partial charge < -0.3 is 15.2 Å². The number of aliphatic hydroxyl groups excluding tert-OH is 1. The van der Waals surface area contributed by atoms with Crippen molar-refractivity contribution < 1.29 is 9.84 Å². The van der Waals surface area contributed by atoms with Crippen LogP contribution in [0.2, 0.25) is 0 Å². The summed E-state index contributed by atoms with van der Waals surface area (Å²) < 4.78 is 6.46. The predicted molar refractivity (Wildman–Crippen MR) is 64.1 cm³/mol. The fraction of sp³-hybridized carbons (Fsp3) is 0.455. The first-order chi connectivity index (χ1) is 7.15. The van der Waals surface area contributed by atoms with Crippen molar-refractivity contribution in [1.29, 1.82) is 0 Å². The van der Waals surface area contributed by atoms with E-state index in [0.717, 1.165) is 22.3 Å². The molecule has 0 aliphatic heterocycles. The first kappa shape index (κ1) is 12.5. The molecule has 0 amide bonds. The number of ether oxygens (including phenoxy) is 1. The van der Waals surface area contributed by atoms with Crippen LogP contribution in [0.4, 0.5) is 0 Å². The molecule has 4 heteroatoms. The Balaban J connectivity index is 2.81. The van der Waals surface area contributed by atoms with Gasteiger partial charge in [-0.1, -0.05) is 12.1 Å². The lowest BCUT2D eigenvalue weighted by atomic mass is 10.2. The summed E-state index contributed by atoms with van der Waals surface area (Å²) in [6, 6.07) is 5.89. The van der Waals surface area contributed by atoms with Gasteiger partial charge in [0.05, 0.1) is 10.6 Å². The van der Waals surface area contributed by atoms with Crippen LogP contribution in [0.1, 0.15) is 12.5 Å². The van der Waals surface area contributed by atoms with Crippen molar-refractivity contribution >= 4 is 15.9 Å². The lowest BCUT2D eigenvalue weighted by molar-refractivity contribution is 0.121. The van der Waals surface area contributed by atoms with E-state index in [-0.39, 0.29) is 0 Å². The summed E-state index contributed by atoms with van der Waals surface area (Å²) in [5.41, 5.74) is 1.08. The Labute approximate surface area is 98.6 Å². The van der Waals surface area contributed by atoms with Crippen LogP contribution in [-0.2, 0) is 6.54 Å². The molecule has 0 aliphatic rings. The molecule has 1 aromatic rings. The van der Waals surface area contributed by atoms with Crippen LogP contribution in [0.5, 0.6) is 5.75 Å². The van der Waals surface area contributed by atoms with Crippen molar-refractivity contribution in [2.75, 3.05) is 13.7 Å². The van der Waals surface area contributed by atoms with Crippen LogP contribution in [0, 0.1) is 0 Å². The highest BCUT2D eigenvalue weighted by Gasteiger charge is 2.08. The van der Waals surface area contributed by atoms with Crippen LogP contribution in [0.15, 0.2) is 22.7 Å². The van der Waals surface area contributed by atoms with E-state index in [1.165, 1.54) is 0 Å². The average Bonchev–Trinajstić information content (AvgIpc) is 2.17. The van der Waals surface area contributed by atoms with Crippen LogP contribution < -0.4 is 10.1 Å². The second-order valence-electron chi connectivity index (χ2n) is 3.42. The van der Waals surface area contributed by atoms with Gasteiger partial charge in [0.2, 0.25) is 0 Å². The summed E-state index contributed by atoms with van der Waals surface area (Å²) >= 11 is 3.43. The molecular weight excluding hydrogens is 258 g/mol. The van der Waals surface area contributed by atoms with Gasteiger partial charge in [-0.3, -0.25) is 0 Å². The first-order valence-electron chi connectivity index (χ1n) is 4.88. The molecule has 2 N–H and O–H groups in total. The van der Waals surface area contributed by atoms with Crippen LogP contribution in [-0.4, -0.2) is 24.9 Å². The quantitative estimate of drug-likeness (QED) is 0.862. The number of benzene rings is 1. The minimum absolute atomic E-state index is 0.305. The largest absolute Gasteiger partial charge is 0.489 e. The number of rotatable bonds is 5. The number of aliphatic hydroxyl groups is 1. The van der Waals surface area contributed by atoms with E-state index in [0.29, 0.717) is 6.61 Å². The molecule has 0 aliphatic carbocycles. The Hall–Kier alpha value is -0.580. The normalized spacial score (nSPS) is 12.5. The summed E-state index contributed by atoms with van der Waals surface area (Å²) in [5.74, 6) is 0.799. The smallest absolute Gasteiger partial charge is 0.138 e. The zero-order valence-electron chi connectivity index (χ0n) is 8.96. The van der Waals surface area contributed by atoms with Gasteiger partial charge in [-0.15, -0.1) is 0 Å². The number of para-hydroxylation sites is 1. The van der Waals surface area contributed by atoms with E-state index in [4.69, 9.17) is 9.84 Å². The van der Waals surface area contributed by atoms with Crippen LogP contribution in [0.25, 0.3) is 0 Å². The molecule has 3 nitrogen and oxygen atoms in total. The van der Waals surface area contributed by atoms with Crippen molar-refractivity contribution in [3.05, 3.63) is 28.2 Å². The SMILES string of the molecule is CNCc1cccc(Br)c1OCC(C)O. The number of hydrogen-bond donors (Lipinski definition) is 2. The van der Waals surface area contributed by atoms with E-state index in [2.05, 4.69) is 21.2 Å². The minimum atomic E-state index is -0.459. The Morgan fingerprint density at radius 3 is 2.87 bits per heavy atom. The molecule has 1 atom stereocenters. The Morgan fingerprint density at radius 2 is 2.27 bits per heavy atom. The number of nitrogens with one attached hydrogen (secondary N) is 1. The lowest BCUT2D eigenvalue weighted by Crippen LogP contribution is -2.15. The van der Waals surface area contributed by atoms with Crippen LogP contribution in [0.3, 0.4) is 0 Å². The Kier molecular flexibility index (Phi) is 5.08. The molecule has 1 unspecified atom stereocenters. The molecular formula is C11H16BrNO2. The molecule has 0 spiro atoms. The maximum atomic E-state index is 9.17. The van der Waals surface area contributed by atoms with Crippen molar-refractivity contribution in [3.8, 4) is 5.75 Å². The number of halogens is 1. The van der Waals surface area contributed by atoms with E-state index < -0.39 is 6.10 Å². The van der Waals surface area contributed by atoms with Crippen molar-refractivity contribution in [1.82, 2.24) is 5.32 Å². The van der Waals surface area contributed by atoms with Gasteiger partial charge in [-0.2, -0.15) is 0 Å². The van der Waals surface area contributed by atoms with E-state index >= 15 is 0 Å². The summed E-state index contributed by atoms with van der Waals surface area (Å²) in [4.78, 5) is 0. The van der Waals surface area contributed by atoms with Gasteiger partial charge in [0, 0.05) is 12.1 Å². The number of hydrogen-bond acceptors (Lipinski definition) is 3. The fourth-order valence-electron chi connectivity index (χ4n) is 1.25. The summed E-state index contributed by atoms with van der Waals surface area (Å²) in [5, 5.41) is 12.2. The van der Waals surface area contributed by atoms with E-state index in [1.54, 1.807) is 6.92 Å². The third-order valence-electron chi connectivity index (χ3n) is 1.88. The molecule has 1 rings (SSSR count). The standard InChI is InChI=1S/C11H16BrNO2/c1-8(14)7-15-11-9(6-13-2)4-3-5-10(11)12/h3-5,8,13-14H,6-7H2,1-2H3. The molecule has 0 radical (unpaired) electrons. The predicted octanol–water partition coefficient (Wildman–Crippen LogP) is 1.93. The average molecular weight is 274 g/mol. The first-order valence-corrected chi connectivity index (χ1v) is 5.67. The maximum Gasteiger partial charge on any atom is 0.138 e. The van der Waals surface area contributed by atoms with Crippen molar-refractivity contribution in [2.24, 2.45) is 0 Å². The van der Waals surface area contributed by atoms with Gasteiger partial charge in [0.1, 0.15) is 12.4 Å². The summed E-state index contributed by atoms with van der Waals surface area (Å²) in [6.07, 6.45) is -0.459. The van der Waals surface area contributed by atoms with Gasteiger partial charge in [0.25, 0.3) is 0 Å². The maximum absolute atomic E-state index is 9.17. The second-order valence-corrected chi connectivity index (χ2v) is 4.27. The molecule has 0 saturated carbocycles. The minimum Gasteiger partial charge on any atom is -0.489 e. The monoisotopic (exact) mass is 273 g/mol. The van der Waals surface area contributed by atoms with Gasteiger partial charge in [-0.25, -0.2) is 0 Å². The molecule has 1 aromatic carbocycles. The highest BCUT2D eigenvalue weighted by Crippen LogP contribution is 2.29. The zero-order chi connectivity index (χ0) is 11.3. The summed E-state index contributed by atoms with van der Waals surface area (Å²) in [7, 11) is 1.89. The highest BCUT2D eigenvalue weighted by atomic mass is 79.9. The third kappa shape index (κ3) is 3.81. The zero-order valence-corrected chi connectivity index (χ0v) is 10.5. The molecule has 84 valence electrons. The van der Waals surface area contributed by atoms with Crippen molar-refractivity contribution in [3.63, 3.8) is 0 Å². The molecule has 15 heavy (non-hydrogen) atoms. The highest BCUT2D eigenvalue weighted by molar-refractivity contribution is 9.10. The Morgan fingerprint density at radius 1 is 1.53 bits per heavy atom. The molecule has 0 heterocycles. The second kappa shape index (κ2) is 6.10. The van der Waals surface area contributed by atoms with Gasteiger partial charge in [-0.05, 0) is 36.0 Å². The third-order valence-corrected chi connectivity index (χ3v) is 2.51.